The molecule has 0 bridgehead atoms. The summed E-state index contributed by atoms with van der Waals surface area (Å²) in [6.45, 7) is 9.09. The van der Waals surface area contributed by atoms with Crippen LogP contribution in [0.5, 0.6) is 0 Å². The van der Waals surface area contributed by atoms with Crippen molar-refractivity contribution in [2.24, 2.45) is 11.8 Å². The monoisotopic (exact) mass is 367 g/mol. The van der Waals surface area contributed by atoms with Gasteiger partial charge in [0, 0.05) is 44.7 Å². The van der Waals surface area contributed by atoms with Gasteiger partial charge in [0.1, 0.15) is 0 Å². The molecular weight excluding hydrogens is 338 g/mol. The molecular formula is C22H29N3O2. The summed E-state index contributed by atoms with van der Waals surface area (Å²) in [6.07, 6.45) is 2.03. The van der Waals surface area contributed by atoms with Crippen LogP contribution in [0.2, 0.25) is 0 Å². The lowest BCUT2D eigenvalue weighted by Crippen LogP contribution is -2.33. The quantitative estimate of drug-likeness (QED) is 0.780. The van der Waals surface area contributed by atoms with E-state index in [1.165, 1.54) is 5.56 Å². The molecule has 0 radical (unpaired) electrons. The van der Waals surface area contributed by atoms with Crippen LogP contribution in [-0.2, 0) is 6.54 Å². The van der Waals surface area contributed by atoms with Gasteiger partial charge < -0.3 is 9.42 Å². The van der Waals surface area contributed by atoms with E-state index in [9.17, 15) is 4.79 Å². The molecule has 2 aliphatic rings. The minimum absolute atomic E-state index is 0.00344. The first-order valence-corrected chi connectivity index (χ1v) is 10.2. The Morgan fingerprint density at radius 3 is 2.41 bits per heavy atom. The first-order valence-electron chi connectivity index (χ1n) is 10.2. The fourth-order valence-corrected chi connectivity index (χ4v) is 4.67. The molecule has 1 amide bonds. The van der Waals surface area contributed by atoms with Gasteiger partial charge in [-0.2, -0.15) is 0 Å². The van der Waals surface area contributed by atoms with Crippen molar-refractivity contribution in [1.82, 2.24) is 15.0 Å². The Labute approximate surface area is 161 Å². The number of rotatable bonds is 6. The highest BCUT2D eigenvalue weighted by Gasteiger charge is 2.42. The van der Waals surface area contributed by atoms with Crippen LogP contribution >= 0.6 is 0 Å². The van der Waals surface area contributed by atoms with Crippen molar-refractivity contribution >= 4 is 5.91 Å². The summed E-state index contributed by atoms with van der Waals surface area (Å²) < 4.78 is 5.39. The Morgan fingerprint density at radius 2 is 1.78 bits per heavy atom. The summed E-state index contributed by atoms with van der Waals surface area (Å²) in [5, 5.41) is 4.15. The van der Waals surface area contributed by atoms with Gasteiger partial charge in [0.05, 0.1) is 5.69 Å². The fraction of sp³-hybridized carbons (Fsp3) is 0.545. The third-order valence-corrected chi connectivity index (χ3v) is 6.24. The highest BCUT2D eigenvalue weighted by atomic mass is 16.5. The van der Waals surface area contributed by atoms with Gasteiger partial charge in [-0.3, -0.25) is 9.69 Å². The van der Waals surface area contributed by atoms with Gasteiger partial charge in [0.15, 0.2) is 0 Å². The molecule has 0 N–H and O–H groups in total. The lowest BCUT2D eigenvalue weighted by Gasteiger charge is -2.20. The molecule has 2 fully saturated rings. The Balaban J connectivity index is 1.34. The number of aromatic nitrogens is 1. The minimum atomic E-state index is 0.00344. The molecule has 1 aromatic heterocycles. The van der Waals surface area contributed by atoms with E-state index in [4.69, 9.17) is 4.52 Å². The fourth-order valence-electron chi connectivity index (χ4n) is 4.67. The lowest BCUT2D eigenvalue weighted by molar-refractivity contribution is 0.0731. The molecule has 3 heterocycles. The zero-order valence-corrected chi connectivity index (χ0v) is 16.3. The highest BCUT2D eigenvalue weighted by molar-refractivity contribution is 5.91. The molecule has 5 heteroatoms. The molecule has 4 rings (SSSR count). The third kappa shape index (κ3) is 3.79. The van der Waals surface area contributed by atoms with Crippen LogP contribution in [0.25, 0.3) is 0 Å². The molecule has 5 nitrogen and oxygen atoms in total. The van der Waals surface area contributed by atoms with Crippen LogP contribution in [0.4, 0.5) is 0 Å². The van der Waals surface area contributed by atoms with Gasteiger partial charge in [-0.15, -0.1) is 0 Å². The van der Waals surface area contributed by atoms with Crippen LogP contribution in [0, 0.1) is 11.8 Å². The van der Waals surface area contributed by atoms with Crippen molar-refractivity contribution in [3.8, 4) is 0 Å². The van der Waals surface area contributed by atoms with E-state index in [0.29, 0.717) is 23.5 Å². The van der Waals surface area contributed by atoms with E-state index in [1.54, 1.807) is 0 Å². The molecule has 2 aliphatic heterocycles. The van der Waals surface area contributed by atoms with Crippen LogP contribution in [-0.4, -0.2) is 47.0 Å². The predicted molar refractivity (Wildman–Crippen MR) is 104 cm³/mol. The molecule has 0 spiro atoms. The largest absolute Gasteiger partial charge is 0.351 e. The number of carbonyl (C=O) groups excluding carboxylic acids is 1. The van der Waals surface area contributed by atoms with Gasteiger partial charge in [0.25, 0.3) is 5.91 Å². The molecule has 2 aromatic rings. The second-order valence-corrected chi connectivity index (χ2v) is 8.04. The number of hydrogen-bond donors (Lipinski definition) is 0. The first-order chi connectivity index (χ1) is 13.2. The second-order valence-electron chi connectivity index (χ2n) is 8.04. The number of nitrogens with zero attached hydrogens (tertiary/aromatic N) is 3. The number of hydrogen-bond acceptors (Lipinski definition) is 4. The molecule has 1 aromatic carbocycles. The number of amides is 1. The van der Waals surface area contributed by atoms with E-state index in [-0.39, 0.29) is 5.91 Å². The van der Waals surface area contributed by atoms with Crippen LogP contribution in [0.1, 0.15) is 54.4 Å². The van der Waals surface area contributed by atoms with E-state index >= 15 is 0 Å². The molecule has 2 saturated heterocycles. The third-order valence-electron chi connectivity index (χ3n) is 6.24. The Morgan fingerprint density at radius 1 is 1.11 bits per heavy atom. The smallest absolute Gasteiger partial charge is 0.292 e. The van der Waals surface area contributed by atoms with Crippen LogP contribution < -0.4 is 0 Å². The van der Waals surface area contributed by atoms with E-state index in [2.05, 4.69) is 54.2 Å². The summed E-state index contributed by atoms with van der Waals surface area (Å²) in [4.78, 5) is 17.3. The molecule has 0 aliphatic carbocycles. The van der Waals surface area contributed by atoms with Crippen molar-refractivity contribution in [1.29, 1.82) is 0 Å². The van der Waals surface area contributed by atoms with Gasteiger partial charge in [-0.05, 0) is 30.2 Å². The maximum Gasteiger partial charge on any atom is 0.292 e. The standard InChI is InChI=1S/C22H29N3O2/c1-3-17(4-2)20-10-21(27-23-20)22(26)25-14-18-12-24(13-19(18)15-25)11-16-8-6-5-7-9-16/h5-10,17-19H,3-4,11-15H2,1-2H3/t18-,19-/m0/s1. The van der Waals surface area contributed by atoms with Crippen molar-refractivity contribution in [3.63, 3.8) is 0 Å². The average Bonchev–Trinajstić information content (AvgIpc) is 3.38. The Kier molecular flexibility index (Phi) is 5.30. The Hall–Kier alpha value is -2.14. The predicted octanol–water partition coefficient (Wildman–Crippen LogP) is 3.78. The zero-order valence-electron chi connectivity index (χ0n) is 16.3. The van der Waals surface area contributed by atoms with Gasteiger partial charge in [-0.25, -0.2) is 0 Å². The van der Waals surface area contributed by atoms with Crippen LogP contribution in [0.3, 0.4) is 0 Å². The SMILES string of the molecule is CCC(CC)c1cc(C(=O)N2C[C@@H]3CN(Cc4ccccc4)C[C@H]3C2)on1. The highest BCUT2D eigenvalue weighted by Crippen LogP contribution is 2.33. The van der Waals surface area contributed by atoms with Gasteiger partial charge in [-0.1, -0.05) is 49.3 Å². The molecule has 0 unspecified atom stereocenters. The normalized spacial score (nSPS) is 22.6. The number of benzene rings is 1. The van der Waals surface area contributed by atoms with Crippen molar-refractivity contribution in [2.75, 3.05) is 26.2 Å². The van der Waals surface area contributed by atoms with Crippen molar-refractivity contribution < 1.29 is 9.32 Å². The van der Waals surface area contributed by atoms with Gasteiger partial charge in [0.2, 0.25) is 5.76 Å². The summed E-state index contributed by atoms with van der Waals surface area (Å²) in [5.74, 6) is 1.92. The van der Waals surface area contributed by atoms with Crippen molar-refractivity contribution in [2.45, 2.75) is 39.2 Å². The van der Waals surface area contributed by atoms with E-state index < -0.39 is 0 Å². The van der Waals surface area contributed by atoms with E-state index in [1.807, 2.05) is 11.0 Å². The van der Waals surface area contributed by atoms with Crippen molar-refractivity contribution in [3.05, 3.63) is 53.4 Å². The molecule has 2 atom stereocenters. The van der Waals surface area contributed by atoms with Gasteiger partial charge >= 0.3 is 0 Å². The number of carbonyl (C=O) groups is 1. The first kappa shape index (κ1) is 18.2. The van der Waals surface area contributed by atoms with E-state index in [0.717, 1.165) is 51.3 Å². The summed E-state index contributed by atoms with van der Waals surface area (Å²) >= 11 is 0. The molecule has 0 saturated carbocycles. The second kappa shape index (κ2) is 7.85. The zero-order chi connectivity index (χ0) is 18.8. The summed E-state index contributed by atoms with van der Waals surface area (Å²) in [6, 6.07) is 12.5. The summed E-state index contributed by atoms with van der Waals surface area (Å²) in [5.41, 5.74) is 2.28. The average molecular weight is 367 g/mol. The number of fused-ring (bicyclic) bond motifs is 1. The Bertz CT molecular complexity index is 755. The topological polar surface area (TPSA) is 49.6 Å². The summed E-state index contributed by atoms with van der Waals surface area (Å²) in [7, 11) is 0. The maximum atomic E-state index is 12.8. The number of likely N-dealkylation sites (tertiary alicyclic amines) is 2. The maximum absolute atomic E-state index is 12.8. The lowest BCUT2D eigenvalue weighted by atomic mass is 9.99. The molecule has 144 valence electrons. The minimum Gasteiger partial charge on any atom is -0.351 e. The molecule has 27 heavy (non-hydrogen) atoms. The van der Waals surface area contributed by atoms with Crippen LogP contribution in [0.15, 0.2) is 40.9 Å².